The highest BCUT2D eigenvalue weighted by Crippen LogP contribution is 2.34. The number of hydrogen-bond donors (Lipinski definition) is 0. The van der Waals surface area contributed by atoms with E-state index in [-0.39, 0.29) is 17.8 Å². The summed E-state index contributed by atoms with van der Waals surface area (Å²) in [7, 11) is 2.97. The van der Waals surface area contributed by atoms with Crippen molar-refractivity contribution in [2.45, 2.75) is 45.9 Å². The first-order valence-electron chi connectivity index (χ1n) is 8.25. The molecule has 0 aliphatic rings. The van der Waals surface area contributed by atoms with Crippen LogP contribution in [0.1, 0.15) is 33.3 Å². The molecule has 0 saturated heterocycles. The summed E-state index contributed by atoms with van der Waals surface area (Å²) < 4.78 is 70.9. The van der Waals surface area contributed by atoms with E-state index in [0.29, 0.717) is 11.6 Å². The highest BCUT2D eigenvalue weighted by Gasteiger charge is 2.37. The molecule has 0 amide bonds. The first-order valence-corrected chi connectivity index (χ1v) is 8.66. The first-order chi connectivity index (χ1) is 12.6. The molecule has 0 spiro atoms. The van der Waals surface area contributed by atoms with E-state index in [0.717, 1.165) is 0 Å². The van der Waals surface area contributed by atoms with Gasteiger partial charge in [-0.05, 0) is 39.3 Å². The lowest BCUT2D eigenvalue weighted by molar-refractivity contribution is -0.378. The minimum Gasteiger partial charge on any atom is -0.367 e. The van der Waals surface area contributed by atoms with E-state index in [9.17, 15) is 17.6 Å². The van der Waals surface area contributed by atoms with E-state index in [4.69, 9.17) is 13.9 Å². The quantitative estimate of drug-likeness (QED) is 0.216. The molecule has 8 heteroatoms. The molecule has 0 atom stereocenters. The van der Waals surface area contributed by atoms with Crippen LogP contribution < -0.4 is 0 Å². The zero-order chi connectivity index (χ0) is 20.4. The van der Waals surface area contributed by atoms with Gasteiger partial charge in [0.25, 0.3) is 10.5 Å². The van der Waals surface area contributed by atoms with Crippen LogP contribution in [-0.2, 0) is 19.9 Å². The second-order valence-electron chi connectivity index (χ2n) is 6.42. The van der Waals surface area contributed by atoms with Crippen LogP contribution in [0.5, 0.6) is 0 Å². The van der Waals surface area contributed by atoms with Crippen LogP contribution in [-0.4, -0.2) is 22.7 Å². The maximum absolute atomic E-state index is 14.0. The van der Waals surface area contributed by atoms with Crippen LogP contribution in [0.2, 0.25) is 0 Å². The maximum Gasteiger partial charge on any atom is 0.302 e. The van der Waals surface area contributed by atoms with Gasteiger partial charge in [0.1, 0.15) is 0 Å². The Balaban J connectivity index is 2.49. The van der Waals surface area contributed by atoms with Crippen molar-refractivity contribution in [1.82, 2.24) is 0 Å². The van der Waals surface area contributed by atoms with Crippen LogP contribution in [0.15, 0.2) is 30.3 Å². The predicted octanol–water partition coefficient (Wildman–Crippen LogP) is 4.97. The zero-order valence-electron chi connectivity index (χ0n) is 15.3. The minimum atomic E-state index is -1.86. The molecule has 2 rings (SSSR count). The molecule has 0 aliphatic carbocycles. The Morgan fingerprint density at radius 2 is 1.33 bits per heavy atom. The molecule has 0 N–H and O–H groups in total. The highest BCUT2D eigenvalue weighted by molar-refractivity contribution is 5.98. The van der Waals surface area contributed by atoms with E-state index in [1.54, 1.807) is 27.7 Å². The zero-order valence-corrected chi connectivity index (χ0v) is 16.3. The third-order valence-electron chi connectivity index (χ3n) is 3.57. The van der Waals surface area contributed by atoms with Crippen LogP contribution in [0, 0.1) is 23.3 Å². The fraction of sp³-hybridized carbons (Fsp3) is 0.368. The smallest absolute Gasteiger partial charge is 0.302 e. The van der Waals surface area contributed by atoms with Crippen molar-refractivity contribution in [1.29, 1.82) is 0 Å². The summed E-state index contributed by atoms with van der Waals surface area (Å²) in [6, 6.07) is 6.40. The molecular weight excluding hydrogens is 380 g/mol. The molecule has 27 heavy (non-hydrogen) atoms. The summed E-state index contributed by atoms with van der Waals surface area (Å²) in [6.45, 7) is 7.16. The van der Waals surface area contributed by atoms with E-state index >= 15 is 0 Å². The van der Waals surface area contributed by atoms with Crippen molar-refractivity contribution < 1.29 is 31.5 Å². The second-order valence-corrected chi connectivity index (χ2v) is 6.62. The summed E-state index contributed by atoms with van der Waals surface area (Å²) >= 11 is 0. The lowest BCUT2D eigenvalue weighted by Gasteiger charge is -2.35. The normalized spacial score (nSPS) is 12.3. The Kier molecular flexibility index (Phi) is 6.80. The second kappa shape index (κ2) is 8.51. The molecule has 0 aromatic heterocycles. The average Bonchev–Trinajstić information content (AvgIpc) is 2.61. The van der Waals surface area contributed by atoms with E-state index in [2.05, 4.69) is 10.5 Å². The van der Waals surface area contributed by atoms with Crippen LogP contribution >= 0.6 is 0 Å². The van der Waals surface area contributed by atoms with Gasteiger partial charge in [0, 0.05) is 11.1 Å². The van der Waals surface area contributed by atoms with Crippen molar-refractivity contribution in [3.63, 3.8) is 0 Å². The van der Waals surface area contributed by atoms with Crippen LogP contribution in [0.3, 0.4) is 0 Å². The average molecular weight is 399 g/mol. The molecule has 2 aromatic carbocycles. The summed E-state index contributed by atoms with van der Waals surface area (Å²) in [4.78, 5) is 0. The number of rotatable bonds is 7. The number of ether oxygens (including phenoxy) is 2. The molecule has 145 valence electrons. The standard InChI is InChI=1S/C19H19F4O3Si/c1-10(2)24-19(26-27,25-11(3)4)13-7-5-12(6-8-13)14-9-15(20)17(22)18(23)16(14)21/h5-11H,1-4H3. The third kappa shape index (κ3) is 4.57. The van der Waals surface area contributed by atoms with Crippen molar-refractivity contribution in [3.05, 3.63) is 59.2 Å². The van der Waals surface area contributed by atoms with Gasteiger partial charge in [-0.2, -0.15) is 0 Å². The predicted molar refractivity (Wildman–Crippen MR) is 92.7 cm³/mol. The largest absolute Gasteiger partial charge is 0.367 e. The van der Waals surface area contributed by atoms with Gasteiger partial charge in [-0.25, -0.2) is 17.6 Å². The summed E-state index contributed by atoms with van der Waals surface area (Å²) in [5, 5.41) is 0. The summed E-state index contributed by atoms with van der Waals surface area (Å²) in [6.07, 6.45) is -0.532. The monoisotopic (exact) mass is 399 g/mol. The molecule has 2 aromatic rings. The van der Waals surface area contributed by atoms with Crippen LogP contribution in [0.25, 0.3) is 11.1 Å². The van der Waals surface area contributed by atoms with Gasteiger partial charge in [0.15, 0.2) is 23.3 Å². The number of hydrogen-bond acceptors (Lipinski definition) is 3. The maximum atomic E-state index is 14.0. The van der Waals surface area contributed by atoms with Gasteiger partial charge in [-0.1, -0.05) is 24.3 Å². The highest BCUT2D eigenvalue weighted by atomic mass is 28.2. The van der Waals surface area contributed by atoms with Gasteiger partial charge in [0.05, 0.1) is 12.2 Å². The molecule has 0 heterocycles. The Bertz CT molecular complexity index is 785. The van der Waals surface area contributed by atoms with Gasteiger partial charge in [-0.3, -0.25) is 0 Å². The Morgan fingerprint density at radius 1 is 0.815 bits per heavy atom. The lowest BCUT2D eigenvalue weighted by Crippen LogP contribution is -2.40. The van der Waals surface area contributed by atoms with E-state index in [1.165, 1.54) is 24.3 Å². The molecular formula is C19H19F4O3Si. The Hall–Kier alpha value is -1.74. The summed E-state index contributed by atoms with van der Waals surface area (Å²) in [5.41, 5.74) is 0.163. The molecule has 0 unspecified atom stereocenters. The van der Waals surface area contributed by atoms with Crippen molar-refractivity contribution in [2.24, 2.45) is 0 Å². The van der Waals surface area contributed by atoms with Gasteiger partial charge < -0.3 is 13.9 Å². The Labute approximate surface area is 158 Å². The van der Waals surface area contributed by atoms with Gasteiger partial charge in [0.2, 0.25) is 0 Å². The third-order valence-corrected chi connectivity index (χ3v) is 3.84. The molecule has 0 fully saturated rings. The molecule has 0 bridgehead atoms. The Morgan fingerprint density at radius 3 is 1.78 bits per heavy atom. The topological polar surface area (TPSA) is 27.7 Å². The van der Waals surface area contributed by atoms with Gasteiger partial charge >= 0.3 is 5.97 Å². The lowest BCUT2D eigenvalue weighted by atomic mass is 10.0. The fourth-order valence-electron chi connectivity index (χ4n) is 2.53. The molecule has 3 radical (unpaired) electrons. The first kappa shape index (κ1) is 21.6. The summed E-state index contributed by atoms with van der Waals surface area (Å²) in [5.74, 6) is -8.25. The van der Waals surface area contributed by atoms with Crippen molar-refractivity contribution in [2.75, 3.05) is 0 Å². The molecule has 0 aliphatic heterocycles. The fourth-order valence-corrected chi connectivity index (χ4v) is 2.74. The minimum absolute atomic E-state index is 0.144. The molecule has 0 saturated carbocycles. The number of halogens is 4. The van der Waals surface area contributed by atoms with Crippen molar-refractivity contribution >= 4 is 10.5 Å². The van der Waals surface area contributed by atoms with Crippen molar-refractivity contribution in [3.8, 4) is 11.1 Å². The van der Waals surface area contributed by atoms with Gasteiger partial charge in [-0.15, -0.1) is 0 Å². The van der Waals surface area contributed by atoms with E-state index < -0.39 is 34.8 Å². The molecule has 3 nitrogen and oxygen atoms in total. The van der Waals surface area contributed by atoms with E-state index in [1.807, 2.05) is 0 Å². The SMILES string of the molecule is CC(C)OC(O[Si])(OC(C)C)c1ccc(-c2cc(F)c(F)c(F)c2F)cc1. The number of benzene rings is 2. The van der Waals surface area contributed by atoms with Crippen LogP contribution in [0.4, 0.5) is 17.6 Å².